The summed E-state index contributed by atoms with van der Waals surface area (Å²) in [7, 11) is 2.13. The van der Waals surface area contributed by atoms with Crippen molar-refractivity contribution in [1.29, 1.82) is 0 Å². The SMILES string of the molecule is CN1CCN(c2ccc(CCNC(=O)c3cc(Cl)ccc3[N+](=O)[O-])cc2)CC1. The molecule has 0 aromatic heterocycles. The van der Waals surface area contributed by atoms with Crippen molar-refractivity contribution < 1.29 is 9.72 Å². The predicted molar refractivity (Wildman–Crippen MR) is 110 cm³/mol. The largest absolute Gasteiger partial charge is 0.369 e. The van der Waals surface area contributed by atoms with Crippen molar-refractivity contribution in [2.45, 2.75) is 6.42 Å². The van der Waals surface area contributed by atoms with E-state index in [1.165, 1.54) is 23.9 Å². The molecule has 1 aliphatic rings. The van der Waals surface area contributed by atoms with Crippen LogP contribution in [0.2, 0.25) is 5.02 Å². The number of amides is 1. The zero-order chi connectivity index (χ0) is 20.1. The summed E-state index contributed by atoms with van der Waals surface area (Å²) in [6.07, 6.45) is 0.642. The molecule has 8 heteroatoms. The van der Waals surface area contributed by atoms with Crippen LogP contribution in [0.3, 0.4) is 0 Å². The molecule has 3 rings (SSSR count). The van der Waals surface area contributed by atoms with E-state index >= 15 is 0 Å². The lowest BCUT2D eigenvalue weighted by molar-refractivity contribution is -0.385. The molecular weight excluding hydrogens is 380 g/mol. The number of hydrogen-bond acceptors (Lipinski definition) is 5. The number of rotatable bonds is 6. The number of nitrogens with zero attached hydrogens (tertiary/aromatic N) is 3. The van der Waals surface area contributed by atoms with E-state index in [1.54, 1.807) is 0 Å². The fraction of sp³-hybridized carbons (Fsp3) is 0.350. The number of nitro benzene ring substituents is 1. The number of likely N-dealkylation sites (N-methyl/N-ethyl adjacent to an activating group) is 1. The fourth-order valence-corrected chi connectivity index (χ4v) is 3.38. The van der Waals surface area contributed by atoms with E-state index in [0.717, 1.165) is 31.7 Å². The highest BCUT2D eigenvalue weighted by Gasteiger charge is 2.20. The molecule has 28 heavy (non-hydrogen) atoms. The molecule has 1 amide bonds. The van der Waals surface area contributed by atoms with Crippen LogP contribution in [0.1, 0.15) is 15.9 Å². The Morgan fingerprint density at radius 1 is 1.14 bits per heavy atom. The maximum Gasteiger partial charge on any atom is 0.282 e. The summed E-state index contributed by atoms with van der Waals surface area (Å²) in [5.41, 5.74) is 2.02. The minimum Gasteiger partial charge on any atom is -0.369 e. The Balaban J connectivity index is 1.54. The first kappa shape index (κ1) is 20.1. The molecule has 2 aromatic carbocycles. The Labute approximate surface area is 169 Å². The van der Waals surface area contributed by atoms with Crippen LogP contribution in [-0.2, 0) is 6.42 Å². The molecular formula is C20H23ClN4O3. The third kappa shape index (κ3) is 4.99. The van der Waals surface area contributed by atoms with Crippen LogP contribution in [0.15, 0.2) is 42.5 Å². The quantitative estimate of drug-likeness (QED) is 0.593. The minimum absolute atomic E-state index is 0.0251. The number of piperazine rings is 1. The topological polar surface area (TPSA) is 78.7 Å². The van der Waals surface area contributed by atoms with Crippen LogP contribution in [-0.4, -0.2) is 55.5 Å². The second-order valence-electron chi connectivity index (χ2n) is 6.88. The molecule has 1 N–H and O–H groups in total. The first-order chi connectivity index (χ1) is 13.4. The Bertz CT molecular complexity index is 849. The van der Waals surface area contributed by atoms with Gasteiger partial charge in [0.05, 0.1) is 4.92 Å². The molecule has 1 saturated heterocycles. The Hall–Kier alpha value is -2.64. The first-order valence-corrected chi connectivity index (χ1v) is 9.56. The molecule has 2 aromatic rings. The number of nitrogens with one attached hydrogen (secondary N) is 1. The lowest BCUT2D eigenvalue weighted by Gasteiger charge is -2.34. The maximum absolute atomic E-state index is 12.3. The van der Waals surface area contributed by atoms with Crippen molar-refractivity contribution in [3.63, 3.8) is 0 Å². The summed E-state index contributed by atoms with van der Waals surface area (Å²) in [5.74, 6) is -0.497. The molecule has 148 valence electrons. The van der Waals surface area contributed by atoms with E-state index in [1.807, 2.05) is 0 Å². The molecule has 1 heterocycles. The third-order valence-corrected chi connectivity index (χ3v) is 5.14. The van der Waals surface area contributed by atoms with Crippen LogP contribution in [0.4, 0.5) is 11.4 Å². The normalized spacial score (nSPS) is 14.7. The number of carbonyl (C=O) groups is 1. The average molecular weight is 403 g/mol. The molecule has 0 bridgehead atoms. The number of halogens is 1. The second kappa shape index (κ2) is 9.03. The van der Waals surface area contributed by atoms with E-state index in [0.29, 0.717) is 13.0 Å². The van der Waals surface area contributed by atoms with Crippen molar-refractivity contribution in [3.8, 4) is 0 Å². The highest BCUT2D eigenvalue weighted by molar-refractivity contribution is 6.31. The number of anilines is 1. The fourth-order valence-electron chi connectivity index (χ4n) is 3.20. The van der Waals surface area contributed by atoms with E-state index in [4.69, 9.17) is 11.6 Å². The molecule has 0 aliphatic carbocycles. The molecule has 7 nitrogen and oxygen atoms in total. The van der Waals surface area contributed by atoms with Gasteiger partial charge in [0.2, 0.25) is 0 Å². The number of hydrogen-bond donors (Lipinski definition) is 1. The first-order valence-electron chi connectivity index (χ1n) is 9.18. The van der Waals surface area contributed by atoms with Crippen LogP contribution in [0, 0.1) is 10.1 Å². The highest BCUT2D eigenvalue weighted by atomic mass is 35.5. The van der Waals surface area contributed by atoms with Crippen molar-refractivity contribution in [1.82, 2.24) is 10.2 Å². The van der Waals surface area contributed by atoms with Gasteiger partial charge < -0.3 is 15.1 Å². The van der Waals surface area contributed by atoms with Gasteiger partial charge >= 0.3 is 0 Å². The van der Waals surface area contributed by atoms with Crippen LogP contribution in [0.5, 0.6) is 0 Å². The second-order valence-corrected chi connectivity index (χ2v) is 7.32. The number of benzene rings is 2. The summed E-state index contributed by atoms with van der Waals surface area (Å²) in [5, 5.41) is 14.1. The van der Waals surface area contributed by atoms with Crippen LogP contribution in [0.25, 0.3) is 0 Å². The van der Waals surface area contributed by atoms with Crippen LogP contribution >= 0.6 is 11.6 Å². The van der Waals surface area contributed by atoms with Crippen molar-refractivity contribution in [2.24, 2.45) is 0 Å². The summed E-state index contributed by atoms with van der Waals surface area (Å²) in [4.78, 5) is 27.5. The van der Waals surface area contributed by atoms with Crippen LogP contribution < -0.4 is 10.2 Å². The van der Waals surface area contributed by atoms with Gasteiger partial charge in [0.25, 0.3) is 11.6 Å². The predicted octanol–water partition coefficient (Wildman–Crippen LogP) is 2.97. The van der Waals surface area contributed by atoms with E-state index < -0.39 is 10.8 Å². The van der Waals surface area contributed by atoms with Gasteiger partial charge in [-0.05, 0) is 43.3 Å². The van der Waals surface area contributed by atoms with Gasteiger partial charge in [-0.25, -0.2) is 0 Å². The third-order valence-electron chi connectivity index (χ3n) is 4.90. The standard InChI is InChI=1S/C20H23ClN4O3/c1-23-10-12-24(13-11-23)17-5-2-15(3-6-17)8-9-22-20(26)18-14-16(21)4-7-19(18)25(27)28/h2-7,14H,8-13H2,1H3,(H,22,26). The summed E-state index contributed by atoms with van der Waals surface area (Å²) in [6.45, 7) is 4.54. The summed E-state index contributed by atoms with van der Waals surface area (Å²) >= 11 is 5.87. The summed E-state index contributed by atoms with van der Waals surface area (Å²) < 4.78 is 0. The van der Waals surface area contributed by atoms with E-state index in [-0.39, 0.29) is 16.3 Å². The average Bonchev–Trinajstić information content (AvgIpc) is 2.69. The number of carbonyl (C=O) groups excluding carboxylic acids is 1. The lowest BCUT2D eigenvalue weighted by Crippen LogP contribution is -2.44. The van der Waals surface area contributed by atoms with Crippen molar-refractivity contribution in [3.05, 3.63) is 68.7 Å². The zero-order valence-electron chi connectivity index (χ0n) is 15.7. The molecule has 1 aliphatic heterocycles. The Morgan fingerprint density at radius 3 is 2.46 bits per heavy atom. The minimum atomic E-state index is -0.581. The van der Waals surface area contributed by atoms with Crippen molar-refractivity contribution >= 4 is 28.9 Å². The lowest BCUT2D eigenvalue weighted by atomic mass is 10.1. The monoisotopic (exact) mass is 402 g/mol. The molecule has 0 radical (unpaired) electrons. The van der Waals surface area contributed by atoms with Gasteiger partial charge in [0, 0.05) is 49.5 Å². The van der Waals surface area contributed by atoms with Crippen molar-refractivity contribution in [2.75, 3.05) is 44.7 Å². The Morgan fingerprint density at radius 2 is 1.82 bits per heavy atom. The molecule has 0 spiro atoms. The van der Waals surface area contributed by atoms with Gasteiger partial charge in [-0.1, -0.05) is 23.7 Å². The molecule has 0 unspecified atom stereocenters. The summed E-state index contributed by atoms with van der Waals surface area (Å²) in [6, 6.07) is 12.3. The van der Waals surface area contributed by atoms with Gasteiger partial charge in [-0.2, -0.15) is 0 Å². The Kier molecular flexibility index (Phi) is 6.49. The van der Waals surface area contributed by atoms with E-state index in [2.05, 4.69) is 46.4 Å². The maximum atomic E-state index is 12.3. The smallest absolute Gasteiger partial charge is 0.282 e. The molecule has 0 atom stereocenters. The number of nitro groups is 1. The molecule has 0 saturated carbocycles. The van der Waals surface area contributed by atoms with Gasteiger partial charge in [-0.3, -0.25) is 14.9 Å². The molecule has 1 fully saturated rings. The van der Waals surface area contributed by atoms with E-state index in [9.17, 15) is 14.9 Å². The van der Waals surface area contributed by atoms with Gasteiger partial charge in [-0.15, -0.1) is 0 Å². The zero-order valence-corrected chi connectivity index (χ0v) is 16.5. The highest BCUT2D eigenvalue weighted by Crippen LogP contribution is 2.22. The van der Waals surface area contributed by atoms with Gasteiger partial charge in [0.1, 0.15) is 5.56 Å². The van der Waals surface area contributed by atoms with Gasteiger partial charge in [0.15, 0.2) is 0 Å².